The van der Waals surface area contributed by atoms with Gasteiger partial charge in [0, 0.05) is 29.5 Å². The Morgan fingerprint density at radius 2 is 1.88 bits per heavy atom. The van der Waals surface area contributed by atoms with Crippen molar-refractivity contribution in [2.45, 2.75) is 12.3 Å². The normalized spacial score (nSPS) is 17.0. The molecular formula is C19H21NO3S. The van der Waals surface area contributed by atoms with E-state index in [-0.39, 0.29) is 11.3 Å². The number of benzene rings is 2. The van der Waals surface area contributed by atoms with Crippen LogP contribution in [-0.4, -0.2) is 37.3 Å². The zero-order valence-corrected chi connectivity index (χ0v) is 14.9. The number of methoxy groups -OCH3 is 2. The number of hydrogen-bond donors (Lipinski definition) is 0. The number of aryl methyl sites for hydroxylation is 1. The summed E-state index contributed by atoms with van der Waals surface area (Å²) in [5, 5.41) is -0.0420. The van der Waals surface area contributed by atoms with Gasteiger partial charge in [-0.25, -0.2) is 0 Å². The number of carbonyl (C=O) groups excluding carboxylic acids is 1. The Labute approximate surface area is 146 Å². The SMILES string of the molecule is COc1ccc([C@H]2SCCN2C(=O)c2ccc(C)cc2)c(OC)c1. The molecule has 2 aromatic carbocycles. The van der Waals surface area contributed by atoms with Crippen LogP contribution in [0.4, 0.5) is 0 Å². The van der Waals surface area contributed by atoms with E-state index >= 15 is 0 Å². The predicted molar refractivity (Wildman–Crippen MR) is 97.0 cm³/mol. The highest BCUT2D eigenvalue weighted by molar-refractivity contribution is 7.99. The number of hydrogen-bond acceptors (Lipinski definition) is 4. The summed E-state index contributed by atoms with van der Waals surface area (Å²) < 4.78 is 10.8. The van der Waals surface area contributed by atoms with Crippen LogP contribution in [0.5, 0.6) is 11.5 Å². The molecule has 3 rings (SSSR count). The van der Waals surface area contributed by atoms with Crippen LogP contribution >= 0.6 is 11.8 Å². The molecule has 1 heterocycles. The van der Waals surface area contributed by atoms with E-state index in [1.807, 2.05) is 54.3 Å². The maximum absolute atomic E-state index is 12.9. The van der Waals surface area contributed by atoms with Gasteiger partial charge in [0.2, 0.25) is 0 Å². The highest BCUT2D eigenvalue weighted by Gasteiger charge is 2.33. The Hall–Kier alpha value is -2.14. The van der Waals surface area contributed by atoms with E-state index in [1.165, 1.54) is 0 Å². The third kappa shape index (κ3) is 3.22. The van der Waals surface area contributed by atoms with Gasteiger partial charge >= 0.3 is 0 Å². The third-order valence-corrected chi connectivity index (χ3v) is 5.40. The van der Waals surface area contributed by atoms with Crippen LogP contribution in [0.1, 0.15) is 26.9 Å². The van der Waals surface area contributed by atoms with Crippen molar-refractivity contribution >= 4 is 17.7 Å². The van der Waals surface area contributed by atoms with Crippen molar-refractivity contribution in [3.05, 3.63) is 59.2 Å². The molecule has 0 aliphatic carbocycles. The highest BCUT2D eigenvalue weighted by atomic mass is 32.2. The molecule has 0 bridgehead atoms. The molecule has 1 amide bonds. The quantitative estimate of drug-likeness (QED) is 0.844. The minimum Gasteiger partial charge on any atom is -0.497 e. The summed E-state index contributed by atoms with van der Waals surface area (Å²) in [6.07, 6.45) is 0. The second kappa shape index (κ2) is 7.18. The fourth-order valence-electron chi connectivity index (χ4n) is 2.82. The number of rotatable bonds is 4. The Morgan fingerprint density at radius 3 is 2.54 bits per heavy atom. The topological polar surface area (TPSA) is 38.8 Å². The van der Waals surface area contributed by atoms with E-state index in [0.29, 0.717) is 0 Å². The molecule has 0 radical (unpaired) electrons. The second-order valence-electron chi connectivity index (χ2n) is 5.70. The smallest absolute Gasteiger partial charge is 0.255 e. The van der Waals surface area contributed by atoms with Gasteiger partial charge in [0.15, 0.2) is 0 Å². The molecule has 0 aromatic heterocycles. The van der Waals surface area contributed by atoms with Crippen LogP contribution in [0.2, 0.25) is 0 Å². The third-order valence-electron chi connectivity index (χ3n) is 4.16. The monoisotopic (exact) mass is 343 g/mol. The minimum atomic E-state index is -0.0420. The van der Waals surface area contributed by atoms with Gasteiger partial charge in [-0.15, -0.1) is 11.8 Å². The molecule has 2 aromatic rings. The summed E-state index contributed by atoms with van der Waals surface area (Å²) in [6.45, 7) is 2.75. The first kappa shape index (κ1) is 16.7. The van der Waals surface area contributed by atoms with Gasteiger partial charge in [-0.2, -0.15) is 0 Å². The molecule has 4 nitrogen and oxygen atoms in total. The van der Waals surface area contributed by atoms with Crippen LogP contribution in [0, 0.1) is 6.92 Å². The van der Waals surface area contributed by atoms with Crippen LogP contribution < -0.4 is 9.47 Å². The maximum atomic E-state index is 12.9. The van der Waals surface area contributed by atoms with E-state index < -0.39 is 0 Å². The van der Waals surface area contributed by atoms with Crippen molar-refractivity contribution in [2.24, 2.45) is 0 Å². The average Bonchev–Trinajstić information content (AvgIpc) is 3.10. The lowest BCUT2D eigenvalue weighted by Gasteiger charge is -2.25. The summed E-state index contributed by atoms with van der Waals surface area (Å²) in [5.41, 5.74) is 2.87. The summed E-state index contributed by atoms with van der Waals surface area (Å²) in [7, 11) is 3.27. The van der Waals surface area contributed by atoms with Gasteiger partial charge in [-0.3, -0.25) is 4.79 Å². The van der Waals surface area contributed by atoms with E-state index in [4.69, 9.17) is 9.47 Å². The van der Waals surface area contributed by atoms with Crippen LogP contribution in [0.15, 0.2) is 42.5 Å². The largest absolute Gasteiger partial charge is 0.497 e. The molecule has 1 atom stereocenters. The molecule has 24 heavy (non-hydrogen) atoms. The number of amides is 1. The summed E-state index contributed by atoms with van der Waals surface area (Å²) in [4.78, 5) is 14.8. The lowest BCUT2D eigenvalue weighted by Crippen LogP contribution is -2.30. The van der Waals surface area contributed by atoms with Gasteiger partial charge in [0.1, 0.15) is 16.9 Å². The Morgan fingerprint density at radius 1 is 1.12 bits per heavy atom. The molecule has 0 unspecified atom stereocenters. The summed E-state index contributed by atoms with van der Waals surface area (Å²) in [6, 6.07) is 13.5. The molecule has 5 heteroatoms. The van der Waals surface area contributed by atoms with Gasteiger partial charge < -0.3 is 14.4 Å². The van der Waals surface area contributed by atoms with Crippen molar-refractivity contribution in [3.8, 4) is 11.5 Å². The zero-order chi connectivity index (χ0) is 17.1. The Balaban J connectivity index is 1.90. The molecule has 0 N–H and O–H groups in total. The van der Waals surface area contributed by atoms with Crippen molar-refractivity contribution in [2.75, 3.05) is 26.5 Å². The van der Waals surface area contributed by atoms with E-state index in [0.717, 1.165) is 40.5 Å². The van der Waals surface area contributed by atoms with E-state index in [9.17, 15) is 4.79 Å². The van der Waals surface area contributed by atoms with Gasteiger partial charge in [0.05, 0.1) is 14.2 Å². The lowest BCUT2D eigenvalue weighted by atomic mass is 10.1. The van der Waals surface area contributed by atoms with Gasteiger partial charge in [-0.1, -0.05) is 17.7 Å². The van der Waals surface area contributed by atoms with Gasteiger partial charge in [0.25, 0.3) is 5.91 Å². The van der Waals surface area contributed by atoms with Crippen LogP contribution in [0.3, 0.4) is 0 Å². The predicted octanol–water partition coefficient (Wildman–Crippen LogP) is 3.90. The highest BCUT2D eigenvalue weighted by Crippen LogP contribution is 2.43. The molecule has 1 saturated heterocycles. The fourth-order valence-corrected chi connectivity index (χ4v) is 4.10. The van der Waals surface area contributed by atoms with E-state index in [2.05, 4.69) is 0 Å². The standard InChI is InChI=1S/C19H21NO3S/c1-13-4-6-14(7-5-13)18(21)20-10-11-24-19(20)16-9-8-15(22-2)12-17(16)23-3/h4-9,12,19H,10-11H2,1-3H3/t19-/m1/s1. The molecule has 126 valence electrons. The maximum Gasteiger partial charge on any atom is 0.255 e. The summed E-state index contributed by atoms with van der Waals surface area (Å²) in [5.74, 6) is 2.46. The fraction of sp³-hybridized carbons (Fsp3) is 0.316. The second-order valence-corrected chi connectivity index (χ2v) is 6.88. The minimum absolute atomic E-state index is 0.0420. The molecule has 1 aliphatic rings. The number of thioether (sulfide) groups is 1. The Kier molecular flexibility index (Phi) is 5.00. The van der Waals surface area contributed by atoms with Crippen molar-refractivity contribution in [1.29, 1.82) is 0 Å². The first-order chi connectivity index (χ1) is 11.6. The molecule has 1 fully saturated rings. The first-order valence-corrected chi connectivity index (χ1v) is 8.90. The van der Waals surface area contributed by atoms with Crippen LogP contribution in [0.25, 0.3) is 0 Å². The lowest BCUT2D eigenvalue weighted by molar-refractivity contribution is 0.0759. The van der Waals surface area contributed by atoms with Crippen molar-refractivity contribution < 1.29 is 14.3 Å². The summed E-state index contributed by atoms with van der Waals surface area (Å²) >= 11 is 1.76. The number of carbonyl (C=O) groups is 1. The average molecular weight is 343 g/mol. The zero-order valence-electron chi connectivity index (χ0n) is 14.1. The molecule has 1 aliphatic heterocycles. The molecule has 0 saturated carbocycles. The Bertz CT molecular complexity index is 730. The molecular weight excluding hydrogens is 322 g/mol. The number of ether oxygens (including phenoxy) is 2. The van der Waals surface area contributed by atoms with Crippen molar-refractivity contribution in [1.82, 2.24) is 4.90 Å². The van der Waals surface area contributed by atoms with E-state index in [1.54, 1.807) is 26.0 Å². The number of nitrogens with zero attached hydrogens (tertiary/aromatic N) is 1. The molecule has 0 spiro atoms. The van der Waals surface area contributed by atoms with Crippen LogP contribution in [-0.2, 0) is 0 Å². The van der Waals surface area contributed by atoms with Crippen molar-refractivity contribution in [3.63, 3.8) is 0 Å². The van der Waals surface area contributed by atoms with Gasteiger partial charge in [-0.05, 0) is 31.2 Å². The first-order valence-electron chi connectivity index (χ1n) is 7.85.